The van der Waals surface area contributed by atoms with Crippen LogP contribution in [0.25, 0.3) is 22.2 Å². The molecule has 0 amide bonds. The lowest BCUT2D eigenvalue weighted by Gasteiger charge is -2.41. The quantitative estimate of drug-likeness (QED) is 0.118. The van der Waals surface area contributed by atoms with Crippen molar-refractivity contribution >= 4 is 81.7 Å². The van der Waals surface area contributed by atoms with Crippen molar-refractivity contribution in [2.75, 3.05) is 31.7 Å². The van der Waals surface area contributed by atoms with Crippen LogP contribution in [0.1, 0.15) is 72.4 Å². The van der Waals surface area contributed by atoms with Crippen molar-refractivity contribution in [1.29, 1.82) is 0 Å². The molecule has 4 aromatic rings. The summed E-state index contributed by atoms with van der Waals surface area (Å²) in [5.74, 6) is 0.723. The molecule has 4 aliphatic heterocycles. The van der Waals surface area contributed by atoms with Gasteiger partial charge in [-0.25, -0.2) is 19.9 Å². The normalized spacial score (nSPS) is 31.8. The van der Waals surface area contributed by atoms with E-state index in [9.17, 15) is 19.7 Å². The van der Waals surface area contributed by atoms with Gasteiger partial charge in [0.05, 0.1) is 24.9 Å². The zero-order valence-electron chi connectivity index (χ0n) is 38.4. The Bertz CT molecular complexity index is 2570. The lowest BCUT2D eigenvalue weighted by molar-refractivity contribution is -0.0604. The number of aliphatic hydroxyl groups is 1. The van der Waals surface area contributed by atoms with Crippen molar-refractivity contribution in [2.24, 2.45) is 0 Å². The summed E-state index contributed by atoms with van der Waals surface area (Å²) >= 11 is 11.6. The largest absolute Gasteiger partial charge is 0.408 e. The van der Waals surface area contributed by atoms with Crippen LogP contribution in [0.4, 0.5) is 5.82 Å². The van der Waals surface area contributed by atoms with Gasteiger partial charge in [0.15, 0.2) is 40.3 Å². The first-order valence-electron chi connectivity index (χ1n) is 21.9. The van der Waals surface area contributed by atoms with Crippen molar-refractivity contribution in [1.82, 2.24) is 33.6 Å². The molecule has 65 heavy (non-hydrogen) atoms. The predicted octanol–water partition coefficient (Wildman–Crippen LogP) is 5.60. The third-order valence-electron chi connectivity index (χ3n) is 13.6. The van der Waals surface area contributed by atoms with Crippen LogP contribution in [0.3, 0.4) is 0 Å². The van der Waals surface area contributed by atoms with E-state index in [1.165, 1.54) is 28.1 Å². The third-order valence-corrected chi connectivity index (χ3v) is 25.7. The predicted molar refractivity (Wildman–Crippen MR) is 254 cm³/mol. The number of anilines is 1. The second-order valence-corrected chi connectivity index (χ2v) is 35.2. The van der Waals surface area contributed by atoms with Crippen LogP contribution in [0.5, 0.6) is 0 Å². The molecule has 3 saturated heterocycles. The summed E-state index contributed by atoms with van der Waals surface area (Å²) in [6, 6.07) is 0. The van der Waals surface area contributed by atoms with E-state index in [1.807, 2.05) is 10.8 Å². The highest BCUT2D eigenvalue weighted by molar-refractivity contribution is 8.07. The molecule has 26 heteroatoms. The van der Waals surface area contributed by atoms with Gasteiger partial charge >= 0.3 is 13.4 Å². The molecular formula is C39H62N8O12P2S2Si2. The summed E-state index contributed by atoms with van der Waals surface area (Å²) in [6.45, 7) is 12.7. The summed E-state index contributed by atoms with van der Waals surface area (Å²) in [6.07, 6.45) is 0.110. The average molecular weight is 1020 g/mol. The number of nitrogens with one attached hydrogen (secondary N) is 1. The SMILES string of the molecule is CC(C)(C)[Si](C)(C)O[C@@H]1[C@@H]2OP(O)(=S)OC[C@H]3O[C@@H](n4cnc5c(=O)n(CCCO)cnc54)[C@H](OP(O)(=S)OC[C@H]2O[C@H]1n1cc2c4c(ncnc41)NCCC2)[C@@H]3O[Si](C)(C)C(C)(C)C. The number of hydrogen-bond acceptors (Lipinski definition) is 17. The van der Waals surface area contributed by atoms with Gasteiger partial charge in [0.2, 0.25) is 0 Å². The van der Waals surface area contributed by atoms with Crippen LogP contribution in [-0.4, -0.2) is 128 Å². The maximum atomic E-state index is 13.5. The first kappa shape index (κ1) is 49.5. The molecule has 2 bridgehead atoms. The molecule has 4 N–H and O–H groups in total. The second-order valence-electron chi connectivity index (χ2n) is 20.1. The number of aryl methyl sites for hydroxylation is 2. The maximum absolute atomic E-state index is 13.5. The van der Waals surface area contributed by atoms with Crippen molar-refractivity contribution in [3.05, 3.63) is 41.1 Å². The molecule has 4 aliphatic rings. The zero-order valence-corrected chi connectivity index (χ0v) is 43.9. The van der Waals surface area contributed by atoms with Crippen molar-refractivity contribution in [2.45, 2.75) is 153 Å². The Kier molecular flexibility index (Phi) is 13.8. The summed E-state index contributed by atoms with van der Waals surface area (Å²) in [5.41, 5.74) is 1.47. The van der Waals surface area contributed by atoms with E-state index in [-0.39, 0.29) is 47.6 Å². The average Bonchev–Trinajstić information content (AvgIpc) is 3.92. The number of aliphatic hydroxyl groups excluding tert-OH is 1. The van der Waals surface area contributed by atoms with Gasteiger partial charge in [-0.05, 0) is 84.7 Å². The fraction of sp³-hybridized carbons (Fsp3) is 0.718. The van der Waals surface area contributed by atoms with Crippen molar-refractivity contribution in [3.63, 3.8) is 0 Å². The molecule has 3 fully saturated rings. The molecule has 0 aliphatic carbocycles. The van der Waals surface area contributed by atoms with Gasteiger partial charge in [0, 0.05) is 25.9 Å². The van der Waals surface area contributed by atoms with Crippen molar-refractivity contribution in [3.8, 4) is 0 Å². The van der Waals surface area contributed by atoms with Crippen LogP contribution in [0, 0.1) is 0 Å². The molecule has 360 valence electrons. The van der Waals surface area contributed by atoms with Gasteiger partial charge in [0.25, 0.3) is 5.56 Å². The topological polar surface area (TPSA) is 230 Å². The molecule has 20 nitrogen and oxygen atoms in total. The van der Waals surface area contributed by atoms with Crippen molar-refractivity contribution < 1.29 is 51.3 Å². The van der Waals surface area contributed by atoms with Gasteiger partial charge in [0.1, 0.15) is 60.7 Å². The van der Waals surface area contributed by atoms with E-state index >= 15 is 0 Å². The number of ether oxygens (including phenoxy) is 2. The molecule has 0 spiro atoms. The van der Waals surface area contributed by atoms with Crippen LogP contribution in [0.15, 0.2) is 30.0 Å². The first-order chi connectivity index (χ1) is 30.3. The number of aromatic nitrogens is 7. The fourth-order valence-corrected chi connectivity index (χ4v) is 13.5. The number of nitrogens with zero attached hydrogens (tertiary/aromatic N) is 7. The molecule has 10 atom stereocenters. The molecule has 0 saturated carbocycles. The van der Waals surface area contributed by atoms with Crippen LogP contribution < -0.4 is 10.9 Å². The maximum Gasteiger partial charge on any atom is 0.325 e. The summed E-state index contributed by atoms with van der Waals surface area (Å²) in [4.78, 5) is 56.0. The Morgan fingerprint density at radius 2 is 1.46 bits per heavy atom. The molecular weight excluding hydrogens is 955 g/mol. The van der Waals surface area contributed by atoms with Crippen LogP contribution in [0.2, 0.25) is 36.3 Å². The number of fused-ring (bicyclic) bond motifs is 4. The molecule has 8 heterocycles. The second kappa shape index (κ2) is 18.1. The minimum Gasteiger partial charge on any atom is -0.408 e. The lowest BCUT2D eigenvalue weighted by Crippen LogP contribution is -2.50. The highest BCUT2D eigenvalue weighted by Gasteiger charge is 2.57. The monoisotopic (exact) mass is 1020 g/mol. The first-order valence-corrected chi connectivity index (χ1v) is 32.9. The van der Waals surface area contributed by atoms with E-state index in [0.717, 1.165) is 36.2 Å². The van der Waals surface area contributed by atoms with Crippen LogP contribution >= 0.6 is 13.4 Å². The van der Waals surface area contributed by atoms with Gasteiger partial charge in [-0.3, -0.25) is 23.0 Å². The molecule has 0 radical (unpaired) electrons. The number of rotatable bonds is 9. The Morgan fingerprint density at radius 3 is 2.12 bits per heavy atom. The Hall–Kier alpha value is -1.94. The Morgan fingerprint density at radius 1 is 0.831 bits per heavy atom. The third kappa shape index (κ3) is 9.81. The smallest absolute Gasteiger partial charge is 0.325 e. The standard InChI is InChI=1S/C39H62N8O12P2S2Si2/c1-38(2,3)64(7,8)58-29-25-19-53-60(50,62)56-28-24(18-52-61(51,63)57-30(29)36(55-25)47-22-43-27-34(47)44-21-45(35(27)49)15-12-16-48)54-37(31(28)59-65(9,10)39(4,5)6)46-17-23-13-11-14-40-32-26(23)33(46)42-20-41-32/h17,20-22,24-25,28-31,36-37,48H,11-16,18-19H2,1-10H3,(H,50,62)(H,51,63)(H,40,41,42)/t24-,25-,28-,29-,30-,31-,36-,37-,60?,61?/m1/s1. The highest BCUT2D eigenvalue weighted by atomic mass is 32.5. The minimum absolute atomic E-state index is 0.0508. The molecule has 2 unspecified atom stereocenters. The van der Waals surface area contributed by atoms with Gasteiger partial charge in [-0.1, -0.05) is 41.5 Å². The number of imidazole rings is 1. The van der Waals surface area contributed by atoms with Gasteiger partial charge in [-0.2, -0.15) is 0 Å². The van der Waals surface area contributed by atoms with Gasteiger partial charge in [-0.15, -0.1) is 0 Å². The van der Waals surface area contributed by atoms with E-state index in [0.29, 0.717) is 12.1 Å². The van der Waals surface area contributed by atoms with E-state index in [4.69, 9.17) is 65.0 Å². The zero-order chi connectivity index (χ0) is 47.1. The van der Waals surface area contributed by atoms with E-state index in [2.05, 4.69) is 88.0 Å². The fourth-order valence-electron chi connectivity index (χ4n) is 8.07. The highest BCUT2D eigenvalue weighted by Crippen LogP contribution is 2.56. The molecule has 8 rings (SSSR count). The van der Waals surface area contributed by atoms with E-state index < -0.39 is 84.7 Å². The summed E-state index contributed by atoms with van der Waals surface area (Å²) < 4.78 is 58.2. The minimum atomic E-state index is -4.25. The van der Waals surface area contributed by atoms with E-state index in [1.54, 1.807) is 0 Å². The van der Waals surface area contributed by atoms with Crippen LogP contribution in [-0.2, 0) is 73.0 Å². The Labute approximate surface area is 390 Å². The van der Waals surface area contributed by atoms with Gasteiger partial charge < -0.3 is 52.2 Å². The number of hydrogen-bond donors (Lipinski definition) is 4. The summed E-state index contributed by atoms with van der Waals surface area (Å²) in [5, 5.41) is 13.1. The lowest BCUT2D eigenvalue weighted by atomic mass is 10.1. The summed E-state index contributed by atoms with van der Waals surface area (Å²) in [7, 11) is -5.32. The molecule has 0 aromatic carbocycles. The Balaban J connectivity index is 1.20. The molecule has 4 aromatic heterocycles.